The van der Waals surface area contributed by atoms with Crippen LogP contribution in [0.15, 0.2) is 5.38 Å². The lowest BCUT2D eigenvalue weighted by Gasteiger charge is -2.18. The molecule has 0 radical (unpaired) electrons. The first-order chi connectivity index (χ1) is 8.89. The third-order valence-electron chi connectivity index (χ3n) is 2.84. The average molecular weight is 296 g/mol. The summed E-state index contributed by atoms with van der Waals surface area (Å²) in [6.07, 6.45) is -3.21. The van der Waals surface area contributed by atoms with Gasteiger partial charge in [-0.3, -0.25) is 0 Å². The van der Waals surface area contributed by atoms with E-state index in [0.717, 1.165) is 10.7 Å². The molecule has 4 nitrogen and oxygen atoms in total. The Morgan fingerprint density at radius 1 is 1.53 bits per heavy atom. The molecule has 0 amide bonds. The molecule has 1 aromatic rings. The van der Waals surface area contributed by atoms with Crippen LogP contribution in [-0.2, 0) is 21.4 Å². The highest BCUT2D eigenvalue weighted by atomic mass is 32.1. The summed E-state index contributed by atoms with van der Waals surface area (Å²) in [6, 6.07) is 0. The van der Waals surface area contributed by atoms with Crippen LogP contribution in [0, 0.1) is 0 Å². The molecule has 1 unspecified atom stereocenters. The van der Waals surface area contributed by atoms with Crippen molar-refractivity contribution in [3.63, 3.8) is 0 Å². The predicted octanol–water partition coefficient (Wildman–Crippen LogP) is 1.84. The number of ether oxygens (including phenoxy) is 2. The van der Waals surface area contributed by atoms with E-state index >= 15 is 0 Å². The van der Waals surface area contributed by atoms with Crippen molar-refractivity contribution in [2.24, 2.45) is 5.73 Å². The fourth-order valence-corrected chi connectivity index (χ4v) is 2.67. The van der Waals surface area contributed by atoms with E-state index in [2.05, 4.69) is 9.72 Å². The van der Waals surface area contributed by atoms with Gasteiger partial charge in [-0.25, -0.2) is 4.98 Å². The van der Waals surface area contributed by atoms with E-state index < -0.39 is 18.3 Å². The molecule has 0 aromatic carbocycles. The zero-order valence-electron chi connectivity index (χ0n) is 10.2. The van der Waals surface area contributed by atoms with E-state index in [1.54, 1.807) is 0 Å². The van der Waals surface area contributed by atoms with Crippen LogP contribution in [-0.4, -0.2) is 37.6 Å². The maximum absolute atomic E-state index is 11.9. The van der Waals surface area contributed by atoms with E-state index in [-0.39, 0.29) is 6.61 Å². The summed E-state index contributed by atoms with van der Waals surface area (Å²) < 4.78 is 45.4. The number of alkyl halides is 3. The fraction of sp³-hybridized carbons (Fsp3) is 0.727. The van der Waals surface area contributed by atoms with Gasteiger partial charge in [0.2, 0.25) is 0 Å². The number of halogens is 3. The molecule has 1 aliphatic heterocycles. The molecular weight excluding hydrogens is 281 g/mol. The third-order valence-corrected chi connectivity index (χ3v) is 3.75. The number of nitrogens with two attached hydrogens (primary N) is 1. The van der Waals surface area contributed by atoms with E-state index in [1.807, 2.05) is 5.38 Å². The molecule has 0 spiro atoms. The molecule has 108 valence electrons. The minimum Gasteiger partial charge on any atom is -0.379 e. The summed E-state index contributed by atoms with van der Waals surface area (Å²) >= 11 is 1.38. The van der Waals surface area contributed by atoms with Crippen molar-refractivity contribution in [1.29, 1.82) is 0 Å². The molecule has 1 aliphatic rings. The Morgan fingerprint density at radius 2 is 2.32 bits per heavy atom. The Balaban J connectivity index is 1.81. The lowest BCUT2D eigenvalue weighted by Crippen LogP contribution is -2.37. The number of hydrogen-bond acceptors (Lipinski definition) is 5. The highest BCUT2D eigenvalue weighted by Gasteiger charge is 2.34. The second-order valence-electron chi connectivity index (χ2n) is 4.50. The quantitative estimate of drug-likeness (QED) is 0.842. The van der Waals surface area contributed by atoms with Crippen LogP contribution in [0.2, 0.25) is 0 Å². The molecule has 19 heavy (non-hydrogen) atoms. The Hall–Kier alpha value is -0.700. The molecule has 0 aliphatic carbocycles. The topological polar surface area (TPSA) is 57.4 Å². The SMILES string of the molecule is NC1(c2csc(CCOCC(F)(F)F)n2)CCOC1. The van der Waals surface area contributed by atoms with Crippen LogP contribution in [0.4, 0.5) is 13.2 Å². The molecule has 0 saturated carbocycles. The Kier molecular flexibility index (Phi) is 4.44. The van der Waals surface area contributed by atoms with Crippen molar-refractivity contribution in [2.45, 2.75) is 24.6 Å². The minimum absolute atomic E-state index is 0.000531. The molecule has 1 atom stereocenters. The summed E-state index contributed by atoms with van der Waals surface area (Å²) in [5, 5.41) is 2.57. The molecule has 1 fully saturated rings. The summed E-state index contributed by atoms with van der Waals surface area (Å²) in [5.74, 6) is 0. The third kappa shape index (κ3) is 4.13. The highest BCUT2D eigenvalue weighted by molar-refractivity contribution is 7.09. The van der Waals surface area contributed by atoms with Gasteiger partial charge < -0.3 is 15.2 Å². The summed E-state index contributed by atoms with van der Waals surface area (Å²) in [7, 11) is 0. The number of rotatable bonds is 5. The summed E-state index contributed by atoms with van der Waals surface area (Å²) in [6.45, 7) is -0.181. The Bertz CT molecular complexity index is 416. The van der Waals surface area contributed by atoms with Gasteiger partial charge in [0.05, 0.1) is 29.5 Å². The highest BCUT2D eigenvalue weighted by Crippen LogP contribution is 2.28. The van der Waals surface area contributed by atoms with Gasteiger partial charge in [0, 0.05) is 18.4 Å². The Morgan fingerprint density at radius 3 is 2.95 bits per heavy atom. The second kappa shape index (κ2) is 5.74. The van der Waals surface area contributed by atoms with Crippen molar-refractivity contribution in [1.82, 2.24) is 4.98 Å². The zero-order chi connectivity index (χ0) is 13.9. The van der Waals surface area contributed by atoms with Crippen LogP contribution in [0.3, 0.4) is 0 Å². The molecule has 1 saturated heterocycles. The van der Waals surface area contributed by atoms with Crippen LogP contribution < -0.4 is 5.73 Å². The molecular formula is C11H15F3N2O2S. The fourth-order valence-electron chi connectivity index (χ4n) is 1.78. The van der Waals surface area contributed by atoms with E-state index in [0.29, 0.717) is 26.1 Å². The van der Waals surface area contributed by atoms with Crippen LogP contribution in [0.1, 0.15) is 17.1 Å². The number of hydrogen-bond donors (Lipinski definition) is 1. The Labute approximate surface area is 112 Å². The van der Waals surface area contributed by atoms with Gasteiger partial charge in [0.25, 0.3) is 0 Å². The first-order valence-corrected chi connectivity index (χ1v) is 6.73. The van der Waals surface area contributed by atoms with Crippen LogP contribution in [0.25, 0.3) is 0 Å². The van der Waals surface area contributed by atoms with Crippen LogP contribution in [0.5, 0.6) is 0 Å². The standard InChI is InChI=1S/C11H15F3N2O2S/c12-11(13,14)7-17-3-1-9-16-8(5-19-9)10(15)2-4-18-6-10/h5H,1-4,6-7,15H2. The first-order valence-electron chi connectivity index (χ1n) is 5.85. The largest absolute Gasteiger partial charge is 0.411 e. The first kappa shape index (κ1) is 14.7. The van der Waals surface area contributed by atoms with Crippen LogP contribution >= 0.6 is 11.3 Å². The van der Waals surface area contributed by atoms with E-state index in [9.17, 15) is 13.2 Å². The summed E-state index contributed by atoms with van der Waals surface area (Å²) in [4.78, 5) is 4.35. The summed E-state index contributed by atoms with van der Waals surface area (Å²) in [5.41, 5.74) is 6.34. The molecule has 2 rings (SSSR count). The lowest BCUT2D eigenvalue weighted by molar-refractivity contribution is -0.173. The minimum atomic E-state index is -4.28. The van der Waals surface area contributed by atoms with Gasteiger partial charge in [-0.05, 0) is 6.42 Å². The van der Waals surface area contributed by atoms with Gasteiger partial charge in [-0.1, -0.05) is 0 Å². The lowest BCUT2D eigenvalue weighted by atomic mass is 9.97. The van der Waals surface area contributed by atoms with Gasteiger partial charge in [-0.15, -0.1) is 11.3 Å². The predicted molar refractivity (Wildman–Crippen MR) is 64.0 cm³/mol. The van der Waals surface area contributed by atoms with Gasteiger partial charge in [0.15, 0.2) is 0 Å². The van der Waals surface area contributed by atoms with E-state index in [1.165, 1.54) is 11.3 Å². The average Bonchev–Trinajstić information content (AvgIpc) is 2.93. The molecule has 1 aromatic heterocycles. The van der Waals surface area contributed by atoms with Gasteiger partial charge >= 0.3 is 6.18 Å². The zero-order valence-corrected chi connectivity index (χ0v) is 11.0. The molecule has 8 heteroatoms. The smallest absolute Gasteiger partial charge is 0.379 e. The molecule has 2 heterocycles. The van der Waals surface area contributed by atoms with Gasteiger partial charge in [0.1, 0.15) is 6.61 Å². The monoisotopic (exact) mass is 296 g/mol. The van der Waals surface area contributed by atoms with E-state index in [4.69, 9.17) is 10.5 Å². The normalized spacial score (nSPS) is 24.0. The van der Waals surface area contributed by atoms with Crippen molar-refractivity contribution in [2.75, 3.05) is 26.4 Å². The van der Waals surface area contributed by atoms with Gasteiger partial charge in [-0.2, -0.15) is 13.2 Å². The number of nitrogens with zero attached hydrogens (tertiary/aromatic N) is 1. The maximum Gasteiger partial charge on any atom is 0.411 e. The second-order valence-corrected chi connectivity index (χ2v) is 5.45. The number of thiazole rings is 1. The number of aromatic nitrogens is 1. The molecule has 0 bridgehead atoms. The van der Waals surface area contributed by atoms with Crippen molar-refractivity contribution in [3.05, 3.63) is 16.1 Å². The van der Waals surface area contributed by atoms with Crippen molar-refractivity contribution >= 4 is 11.3 Å². The van der Waals surface area contributed by atoms with Crippen molar-refractivity contribution < 1.29 is 22.6 Å². The van der Waals surface area contributed by atoms with Crippen molar-refractivity contribution in [3.8, 4) is 0 Å². The maximum atomic E-state index is 11.9. The molecule has 2 N–H and O–H groups in total.